The molecule has 90 valence electrons. The summed E-state index contributed by atoms with van der Waals surface area (Å²) in [5.74, 6) is -0.385. The lowest BCUT2D eigenvalue weighted by Gasteiger charge is -2.31. The molecule has 1 aliphatic heterocycles. The molecule has 2 aliphatic rings. The summed E-state index contributed by atoms with van der Waals surface area (Å²) in [6.45, 7) is 1.18. The van der Waals surface area contributed by atoms with Gasteiger partial charge in [-0.3, -0.25) is 4.79 Å². The standard InChI is InChI=1S/C11H17NO4/c13-10(14)7-16-9-3-5-12(6-4-9)11(15)8-1-2-8/h8-9H,1-7H2,(H,13,14). The molecule has 1 amide bonds. The average Bonchev–Trinajstić information content (AvgIpc) is 3.10. The Morgan fingerprint density at radius 1 is 1.19 bits per heavy atom. The quantitative estimate of drug-likeness (QED) is 0.759. The number of carboxylic acids is 1. The normalized spacial score (nSPS) is 22.1. The second-order valence-electron chi connectivity index (χ2n) is 4.50. The van der Waals surface area contributed by atoms with Gasteiger partial charge < -0.3 is 14.7 Å². The summed E-state index contributed by atoms with van der Waals surface area (Å²) < 4.78 is 5.21. The topological polar surface area (TPSA) is 66.8 Å². The van der Waals surface area contributed by atoms with Crippen LogP contribution in [0.25, 0.3) is 0 Å². The Kier molecular flexibility index (Phi) is 3.43. The zero-order valence-electron chi connectivity index (χ0n) is 9.22. The molecule has 5 heteroatoms. The fraction of sp³-hybridized carbons (Fsp3) is 0.818. The van der Waals surface area contributed by atoms with E-state index in [2.05, 4.69) is 0 Å². The van der Waals surface area contributed by atoms with Gasteiger partial charge in [0.2, 0.25) is 5.91 Å². The number of nitrogens with zero attached hydrogens (tertiary/aromatic N) is 1. The molecule has 5 nitrogen and oxygen atoms in total. The van der Waals surface area contributed by atoms with E-state index in [1.807, 2.05) is 4.90 Å². The molecule has 1 saturated carbocycles. The molecule has 2 fully saturated rings. The number of amides is 1. The Morgan fingerprint density at radius 3 is 2.31 bits per heavy atom. The van der Waals surface area contributed by atoms with Crippen molar-refractivity contribution < 1.29 is 19.4 Å². The second-order valence-corrected chi connectivity index (χ2v) is 4.50. The summed E-state index contributed by atoms with van der Waals surface area (Å²) in [7, 11) is 0. The van der Waals surface area contributed by atoms with E-state index in [1.54, 1.807) is 0 Å². The first kappa shape index (κ1) is 11.4. The molecular formula is C11H17NO4. The third kappa shape index (κ3) is 2.95. The third-order valence-electron chi connectivity index (χ3n) is 3.12. The largest absolute Gasteiger partial charge is 0.480 e. The zero-order valence-corrected chi connectivity index (χ0v) is 9.22. The van der Waals surface area contributed by atoms with E-state index in [-0.39, 0.29) is 24.5 Å². The van der Waals surface area contributed by atoms with E-state index < -0.39 is 5.97 Å². The minimum atomic E-state index is -0.934. The maximum Gasteiger partial charge on any atom is 0.329 e. The summed E-state index contributed by atoms with van der Waals surface area (Å²) in [5, 5.41) is 8.48. The van der Waals surface area contributed by atoms with Crippen LogP contribution in [-0.4, -0.2) is 47.7 Å². The van der Waals surface area contributed by atoms with Crippen molar-refractivity contribution in [3.8, 4) is 0 Å². The highest BCUT2D eigenvalue weighted by Crippen LogP contribution is 2.32. The number of carbonyl (C=O) groups is 2. The number of ether oxygens (including phenoxy) is 1. The van der Waals surface area contributed by atoms with Crippen molar-refractivity contribution in [2.24, 2.45) is 5.92 Å². The molecule has 1 N–H and O–H groups in total. The van der Waals surface area contributed by atoms with Gasteiger partial charge in [-0.15, -0.1) is 0 Å². The van der Waals surface area contributed by atoms with E-state index in [9.17, 15) is 9.59 Å². The van der Waals surface area contributed by atoms with Crippen LogP contribution in [0, 0.1) is 5.92 Å². The predicted octanol–water partition coefficient (Wildman–Crippen LogP) is 0.489. The van der Waals surface area contributed by atoms with Gasteiger partial charge in [-0.2, -0.15) is 0 Å². The predicted molar refractivity (Wildman–Crippen MR) is 55.9 cm³/mol. The van der Waals surface area contributed by atoms with Crippen LogP contribution < -0.4 is 0 Å². The van der Waals surface area contributed by atoms with Crippen molar-refractivity contribution in [3.05, 3.63) is 0 Å². The van der Waals surface area contributed by atoms with Crippen LogP contribution in [0.4, 0.5) is 0 Å². The number of likely N-dealkylation sites (tertiary alicyclic amines) is 1. The molecule has 0 atom stereocenters. The van der Waals surface area contributed by atoms with Gasteiger partial charge in [0.15, 0.2) is 0 Å². The van der Waals surface area contributed by atoms with Crippen LogP contribution in [0.3, 0.4) is 0 Å². The number of hydrogen-bond acceptors (Lipinski definition) is 3. The second kappa shape index (κ2) is 4.82. The number of hydrogen-bond donors (Lipinski definition) is 1. The van der Waals surface area contributed by atoms with E-state index in [0.717, 1.165) is 25.7 Å². The molecule has 1 aliphatic carbocycles. The van der Waals surface area contributed by atoms with Crippen LogP contribution >= 0.6 is 0 Å². The number of carboxylic acid groups (broad SMARTS) is 1. The molecule has 0 aromatic rings. The molecule has 0 unspecified atom stereocenters. The van der Waals surface area contributed by atoms with Crippen molar-refractivity contribution in [2.45, 2.75) is 31.8 Å². The molecule has 0 aromatic carbocycles. The van der Waals surface area contributed by atoms with Gasteiger partial charge in [-0.25, -0.2) is 4.79 Å². The summed E-state index contributed by atoms with van der Waals surface area (Å²) >= 11 is 0. The van der Waals surface area contributed by atoms with Crippen LogP contribution in [-0.2, 0) is 14.3 Å². The van der Waals surface area contributed by atoms with Crippen molar-refractivity contribution in [1.82, 2.24) is 4.90 Å². The number of aliphatic carboxylic acids is 1. The lowest BCUT2D eigenvalue weighted by atomic mass is 10.1. The third-order valence-corrected chi connectivity index (χ3v) is 3.12. The Balaban J connectivity index is 1.69. The monoisotopic (exact) mass is 227 g/mol. The van der Waals surface area contributed by atoms with Gasteiger partial charge in [0.25, 0.3) is 0 Å². The minimum Gasteiger partial charge on any atom is -0.480 e. The number of piperidine rings is 1. The summed E-state index contributed by atoms with van der Waals surface area (Å²) in [6.07, 6.45) is 3.58. The zero-order chi connectivity index (χ0) is 11.5. The summed E-state index contributed by atoms with van der Waals surface area (Å²) in [6, 6.07) is 0. The van der Waals surface area contributed by atoms with Gasteiger partial charge >= 0.3 is 5.97 Å². The molecule has 1 saturated heterocycles. The average molecular weight is 227 g/mol. The molecule has 0 aromatic heterocycles. The maximum atomic E-state index is 11.7. The van der Waals surface area contributed by atoms with Crippen LogP contribution in [0.2, 0.25) is 0 Å². The molecule has 2 rings (SSSR count). The van der Waals surface area contributed by atoms with Gasteiger partial charge in [0.05, 0.1) is 6.10 Å². The highest BCUT2D eigenvalue weighted by molar-refractivity contribution is 5.81. The highest BCUT2D eigenvalue weighted by atomic mass is 16.5. The highest BCUT2D eigenvalue weighted by Gasteiger charge is 2.35. The first-order valence-electron chi connectivity index (χ1n) is 5.79. The number of carbonyl (C=O) groups excluding carboxylic acids is 1. The summed E-state index contributed by atoms with van der Waals surface area (Å²) in [5.41, 5.74) is 0. The minimum absolute atomic E-state index is 0.000599. The van der Waals surface area contributed by atoms with E-state index >= 15 is 0 Å². The lowest BCUT2D eigenvalue weighted by molar-refractivity contribution is -0.147. The Morgan fingerprint density at radius 2 is 1.81 bits per heavy atom. The van der Waals surface area contributed by atoms with Crippen LogP contribution in [0.1, 0.15) is 25.7 Å². The van der Waals surface area contributed by atoms with E-state index in [1.165, 1.54) is 0 Å². The Bertz CT molecular complexity index is 280. The van der Waals surface area contributed by atoms with Gasteiger partial charge in [-0.1, -0.05) is 0 Å². The van der Waals surface area contributed by atoms with E-state index in [0.29, 0.717) is 13.1 Å². The fourth-order valence-electron chi connectivity index (χ4n) is 2.02. The SMILES string of the molecule is O=C(O)COC1CCN(C(=O)C2CC2)CC1. The number of rotatable bonds is 4. The molecule has 0 radical (unpaired) electrons. The Hall–Kier alpha value is -1.10. The van der Waals surface area contributed by atoms with Crippen molar-refractivity contribution in [2.75, 3.05) is 19.7 Å². The molecule has 16 heavy (non-hydrogen) atoms. The molecule has 0 spiro atoms. The van der Waals surface area contributed by atoms with E-state index in [4.69, 9.17) is 9.84 Å². The molecule has 1 heterocycles. The lowest BCUT2D eigenvalue weighted by Crippen LogP contribution is -2.41. The van der Waals surface area contributed by atoms with Gasteiger partial charge in [0.1, 0.15) is 6.61 Å². The van der Waals surface area contributed by atoms with Gasteiger partial charge in [-0.05, 0) is 25.7 Å². The maximum absolute atomic E-state index is 11.7. The van der Waals surface area contributed by atoms with Crippen molar-refractivity contribution in [1.29, 1.82) is 0 Å². The van der Waals surface area contributed by atoms with Crippen molar-refractivity contribution >= 4 is 11.9 Å². The first-order chi connectivity index (χ1) is 7.66. The fourth-order valence-corrected chi connectivity index (χ4v) is 2.02. The van der Waals surface area contributed by atoms with Crippen LogP contribution in [0.5, 0.6) is 0 Å². The van der Waals surface area contributed by atoms with Crippen molar-refractivity contribution in [3.63, 3.8) is 0 Å². The van der Waals surface area contributed by atoms with Crippen LogP contribution in [0.15, 0.2) is 0 Å². The Labute approximate surface area is 94.4 Å². The smallest absolute Gasteiger partial charge is 0.329 e. The summed E-state index contributed by atoms with van der Waals surface area (Å²) in [4.78, 5) is 23.9. The van der Waals surface area contributed by atoms with Gasteiger partial charge in [0, 0.05) is 19.0 Å². The first-order valence-corrected chi connectivity index (χ1v) is 5.79. The molecular weight excluding hydrogens is 210 g/mol. The molecule has 0 bridgehead atoms.